The molecule has 11 heteroatoms. The number of amides is 1. The summed E-state index contributed by atoms with van der Waals surface area (Å²) in [6, 6.07) is 7.62. The molecule has 0 saturated carbocycles. The summed E-state index contributed by atoms with van der Waals surface area (Å²) in [5.74, 6) is -1.12. The molecule has 1 aliphatic heterocycles. The van der Waals surface area contributed by atoms with Crippen LogP contribution in [0.4, 0.5) is 28.9 Å². The molecule has 0 radical (unpaired) electrons. The normalized spacial score (nSPS) is 15.6. The van der Waals surface area contributed by atoms with Crippen LogP contribution in [0.3, 0.4) is 0 Å². The maximum absolute atomic E-state index is 14.5. The molecule has 0 spiro atoms. The van der Waals surface area contributed by atoms with Crippen molar-refractivity contribution in [2.75, 3.05) is 23.4 Å². The fourth-order valence-corrected chi connectivity index (χ4v) is 3.95. The Balaban J connectivity index is 1.91. The molecule has 1 unspecified atom stereocenters. The summed E-state index contributed by atoms with van der Waals surface area (Å²) in [7, 11) is 0. The van der Waals surface area contributed by atoms with Gasteiger partial charge in [-0.2, -0.15) is 18.7 Å². The Morgan fingerprint density at radius 3 is 2.76 bits per heavy atom. The lowest BCUT2D eigenvalue weighted by atomic mass is 10.0. The van der Waals surface area contributed by atoms with Gasteiger partial charge < -0.3 is 15.0 Å². The number of hydrogen-bond acceptors (Lipinski definition) is 5. The Hall–Kier alpha value is -4.15. The molecule has 0 bridgehead atoms. The highest BCUT2D eigenvalue weighted by Crippen LogP contribution is 2.33. The standard InChI is InChI=1S/C26H27F4N5O2/c1-4-17(3)32-21-11-9-18(15-24(21)37-5-2)13-14-35(33-31)23-12-10-19-20(27)7-6-8-22(19)34(25(23)36)16-26(28,29)30/h4,6-9,11,13-15,23,31-32H,1,3,5,10,12,16H2,2H3/b14-13+,33-31?. The van der Waals surface area contributed by atoms with Crippen LogP contribution in [0.2, 0.25) is 0 Å². The summed E-state index contributed by atoms with van der Waals surface area (Å²) in [5.41, 5.74) is 9.30. The number of carbonyl (C=O) groups is 1. The molecule has 2 aromatic carbocycles. The molecular formula is C26H27F4N5O2. The van der Waals surface area contributed by atoms with Crippen molar-refractivity contribution in [3.05, 3.63) is 84.5 Å². The maximum Gasteiger partial charge on any atom is 0.406 e. The summed E-state index contributed by atoms with van der Waals surface area (Å²) in [5, 5.41) is 7.40. The van der Waals surface area contributed by atoms with E-state index >= 15 is 0 Å². The summed E-state index contributed by atoms with van der Waals surface area (Å²) in [4.78, 5) is 13.8. The van der Waals surface area contributed by atoms with Crippen LogP contribution in [-0.2, 0) is 11.2 Å². The fourth-order valence-electron chi connectivity index (χ4n) is 3.95. The zero-order chi connectivity index (χ0) is 27.2. The molecule has 0 aliphatic carbocycles. The van der Waals surface area contributed by atoms with E-state index in [4.69, 9.17) is 10.3 Å². The van der Waals surface area contributed by atoms with Gasteiger partial charge in [-0.15, -0.1) is 0 Å². The first-order valence-electron chi connectivity index (χ1n) is 11.4. The van der Waals surface area contributed by atoms with Gasteiger partial charge in [-0.25, -0.2) is 9.40 Å². The molecule has 2 aromatic rings. The van der Waals surface area contributed by atoms with Crippen LogP contribution in [0.5, 0.6) is 5.75 Å². The molecule has 0 fully saturated rings. The van der Waals surface area contributed by atoms with Crippen LogP contribution in [0.25, 0.3) is 6.08 Å². The van der Waals surface area contributed by atoms with E-state index in [9.17, 15) is 22.4 Å². The van der Waals surface area contributed by atoms with Crippen molar-refractivity contribution >= 4 is 23.4 Å². The highest BCUT2D eigenvalue weighted by Gasteiger charge is 2.40. The molecule has 0 aromatic heterocycles. The second kappa shape index (κ2) is 11.7. The van der Waals surface area contributed by atoms with Crippen molar-refractivity contribution in [1.82, 2.24) is 5.01 Å². The largest absolute Gasteiger partial charge is 0.492 e. The summed E-state index contributed by atoms with van der Waals surface area (Å²) < 4.78 is 60.2. The van der Waals surface area contributed by atoms with Gasteiger partial charge in [0, 0.05) is 17.5 Å². The van der Waals surface area contributed by atoms with Crippen molar-refractivity contribution in [3.8, 4) is 5.75 Å². The molecule has 7 nitrogen and oxygen atoms in total. The molecule has 2 N–H and O–H groups in total. The Kier molecular flexibility index (Phi) is 8.69. The second-order valence-electron chi connectivity index (χ2n) is 8.17. The molecule has 1 aliphatic rings. The number of halogens is 4. The quantitative estimate of drug-likeness (QED) is 0.164. The van der Waals surface area contributed by atoms with Crippen molar-refractivity contribution < 1.29 is 27.1 Å². The average Bonchev–Trinajstić information content (AvgIpc) is 2.98. The average molecular weight is 518 g/mol. The topological polar surface area (TPSA) is 81.0 Å². The first-order valence-corrected chi connectivity index (χ1v) is 11.4. The van der Waals surface area contributed by atoms with E-state index < -0.39 is 30.5 Å². The molecule has 1 heterocycles. The van der Waals surface area contributed by atoms with Gasteiger partial charge in [0.1, 0.15) is 24.2 Å². The Bertz CT molecular complexity index is 1210. The van der Waals surface area contributed by atoms with Crippen molar-refractivity contribution in [2.45, 2.75) is 32.0 Å². The number of alkyl halides is 3. The van der Waals surface area contributed by atoms with E-state index in [2.05, 4.69) is 23.7 Å². The van der Waals surface area contributed by atoms with Crippen LogP contribution in [0, 0.1) is 11.3 Å². The van der Waals surface area contributed by atoms with E-state index in [-0.39, 0.29) is 24.1 Å². The molecule has 1 amide bonds. The van der Waals surface area contributed by atoms with E-state index in [1.165, 1.54) is 18.3 Å². The van der Waals surface area contributed by atoms with Crippen LogP contribution in [0.1, 0.15) is 24.5 Å². The number of benzene rings is 2. The van der Waals surface area contributed by atoms with Gasteiger partial charge in [-0.1, -0.05) is 30.5 Å². The smallest absolute Gasteiger partial charge is 0.406 e. The Morgan fingerprint density at radius 1 is 1.35 bits per heavy atom. The predicted octanol–water partition coefficient (Wildman–Crippen LogP) is 6.46. The molecule has 37 heavy (non-hydrogen) atoms. The third kappa shape index (κ3) is 6.75. The van der Waals surface area contributed by atoms with Gasteiger partial charge in [-0.3, -0.25) is 4.79 Å². The zero-order valence-corrected chi connectivity index (χ0v) is 20.2. The number of rotatable bonds is 10. The highest BCUT2D eigenvalue weighted by molar-refractivity contribution is 5.98. The monoisotopic (exact) mass is 517 g/mol. The molecule has 3 rings (SSSR count). The number of nitrogens with one attached hydrogen (secondary N) is 2. The van der Waals surface area contributed by atoms with E-state index in [0.717, 1.165) is 11.1 Å². The Labute approximate surface area is 212 Å². The van der Waals surface area contributed by atoms with Crippen LogP contribution in [0.15, 0.2) is 72.8 Å². The van der Waals surface area contributed by atoms with Gasteiger partial charge in [0.2, 0.25) is 0 Å². The first-order chi connectivity index (χ1) is 17.6. The minimum Gasteiger partial charge on any atom is -0.492 e. The van der Waals surface area contributed by atoms with Crippen molar-refractivity contribution in [2.24, 2.45) is 5.22 Å². The minimum absolute atomic E-state index is 0.00528. The van der Waals surface area contributed by atoms with E-state index in [1.54, 1.807) is 30.4 Å². The number of hydrogen-bond donors (Lipinski definition) is 2. The third-order valence-corrected chi connectivity index (χ3v) is 5.64. The Morgan fingerprint density at radius 2 is 2.11 bits per heavy atom. The van der Waals surface area contributed by atoms with E-state index in [0.29, 0.717) is 34.2 Å². The minimum atomic E-state index is -4.71. The lowest BCUT2D eigenvalue weighted by molar-refractivity contribution is -0.135. The first kappa shape index (κ1) is 27.4. The number of carbonyl (C=O) groups excluding carboxylic acids is 1. The molecule has 1 atom stereocenters. The van der Waals surface area contributed by atoms with Gasteiger partial charge in [0.05, 0.1) is 18.0 Å². The van der Waals surface area contributed by atoms with Gasteiger partial charge >= 0.3 is 6.18 Å². The summed E-state index contributed by atoms with van der Waals surface area (Å²) >= 11 is 0. The number of allylic oxidation sites excluding steroid dienone is 1. The molecule has 196 valence electrons. The van der Waals surface area contributed by atoms with Crippen molar-refractivity contribution in [1.29, 1.82) is 5.53 Å². The zero-order valence-electron chi connectivity index (χ0n) is 20.2. The predicted molar refractivity (Wildman–Crippen MR) is 134 cm³/mol. The van der Waals surface area contributed by atoms with Crippen molar-refractivity contribution in [3.63, 3.8) is 0 Å². The number of nitrogens with zero attached hydrogens (tertiary/aromatic N) is 3. The van der Waals surface area contributed by atoms with Crippen LogP contribution in [-0.4, -0.2) is 36.3 Å². The van der Waals surface area contributed by atoms with Crippen LogP contribution >= 0.6 is 0 Å². The summed E-state index contributed by atoms with van der Waals surface area (Å²) in [6.07, 6.45) is -0.331. The maximum atomic E-state index is 14.5. The van der Waals surface area contributed by atoms with Gasteiger partial charge in [0.25, 0.3) is 5.91 Å². The van der Waals surface area contributed by atoms with Gasteiger partial charge in [-0.05, 0) is 61.7 Å². The highest BCUT2D eigenvalue weighted by atomic mass is 19.4. The van der Waals surface area contributed by atoms with Gasteiger partial charge in [0.15, 0.2) is 0 Å². The lowest BCUT2D eigenvalue weighted by Gasteiger charge is -2.29. The number of anilines is 2. The second-order valence-corrected chi connectivity index (χ2v) is 8.17. The lowest BCUT2D eigenvalue weighted by Crippen LogP contribution is -2.47. The van der Waals surface area contributed by atoms with Crippen LogP contribution < -0.4 is 15.0 Å². The molecular weight excluding hydrogens is 490 g/mol. The number of fused-ring (bicyclic) bond motifs is 1. The number of ether oxygens (including phenoxy) is 1. The van der Waals surface area contributed by atoms with E-state index in [1.807, 2.05) is 6.92 Å². The SMILES string of the molecule is C=CC(=C)Nc1ccc(/C=C/N(N=N)C2CCc3c(F)cccc3N(CC(F)(F)F)C2=O)cc1OCC. The third-order valence-electron chi connectivity index (χ3n) is 5.64. The fraction of sp³-hybridized carbons (Fsp3) is 0.269. The molecule has 0 saturated heterocycles. The summed E-state index contributed by atoms with van der Waals surface area (Å²) in [6.45, 7) is 8.08.